The number of hydrogen-bond donors (Lipinski definition) is 2. The van der Waals surface area contributed by atoms with E-state index in [1.807, 2.05) is 45.0 Å². The third kappa shape index (κ3) is 6.67. The van der Waals surface area contributed by atoms with Crippen molar-refractivity contribution in [3.8, 4) is 0 Å². The first-order valence-corrected chi connectivity index (χ1v) is 11.2. The van der Waals surface area contributed by atoms with Gasteiger partial charge in [0.15, 0.2) is 6.61 Å². The van der Waals surface area contributed by atoms with E-state index in [-0.39, 0.29) is 10.9 Å². The average Bonchev–Trinajstić information content (AvgIpc) is 2.71. The molecule has 2 aromatic rings. The predicted octanol–water partition coefficient (Wildman–Crippen LogP) is 2.78. The molecule has 7 nitrogen and oxygen atoms in total. The van der Waals surface area contributed by atoms with Crippen molar-refractivity contribution in [3.63, 3.8) is 0 Å². The highest BCUT2D eigenvalue weighted by Crippen LogP contribution is 2.17. The van der Waals surface area contributed by atoms with Gasteiger partial charge >= 0.3 is 5.97 Å². The van der Waals surface area contributed by atoms with E-state index in [0.717, 1.165) is 16.7 Å². The molecule has 0 aromatic heterocycles. The Morgan fingerprint density at radius 3 is 2.03 bits per heavy atom. The van der Waals surface area contributed by atoms with Crippen molar-refractivity contribution in [2.75, 3.05) is 6.61 Å². The Morgan fingerprint density at radius 2 is 1.50 bits per heavy atom. The highest BCUT2D eigenvalue weighted by Gasteiger charge is 2.24. The second-order valence-electron chi connectivity index (χ2n) is 7.20. The number of amides is 1. The molecule has 2 N–H and O–H groups in total. The standard InChI is InChI=1S/C22H28N2O5S/c1-5-20(18-10-6-15(2)7-11-18)23-21(25)14-29-22(26)17(4)24-30(27,28)19-12-8-16(3)9-13-19/h6-13,17,20,24H,5,14H2,1-4H3,(H,23,25)/t17-,20?/m0/s1. The second-order valence-corrected chi connectivity index (χ2v) is 8.92. The minimum absolute atomic E-state index is 0.0504. The molecular formula is C22H28N2O5S. The lowest BCUT2D eigenvalue weighted by atomic mass is 10.0. The van der Waals surface area contributed by atoms with E-state index in [2.05, 4.69) is 10.0 Å². The number of aryl methyl sites for hydroxylation is 2. The van der Waals surface area contributed by atoms with E-state index < -0.39 is 34.5 Å². The lowest BCUT2D eigenvalue weighted by Crippen LogP contribution is -2.41. The minimum atomic E-state index is -3.87. The first-order valence-electron chi connectivity index (χ1n) is 9.74. The summed E-state index contributed by atoms with van der Waals surface area (Å²) in [6, 6.07) is 12.7. The molecule has 0 spiro atoms. The van der Waals surface area contributed by atoms with Gasteiger partial charge in [0, 0.05) is 0 Å². The fourth-order valence-corrected chi connectivity index (χ4v) is 3.98. The van der Waals surface area contributed by atoms with Gasteiger partial charge in [-0.3, -0.25) is 9.59 Å². The van der Waals surface area contributed by atoms with Crippen molar-refractivity contribution in [2.45, 2.75) is 51.1 Å². The molecule has 0 aliphatic heterocycles. The maximum absolute atomic E-state index is 12.4. The van der Waals surface area contributed by atoms with Crippen LogP contribution < -0.4 is 10.0 Å². The third-order valence-electron chi connectivity index (χ3n) is 4.59. The van der Waals surface area contributed by atoms with E-state index in [0.29, 0.717) is 6.42 Å². The number of benzene rings is 2. The fraction of sp³-hybridized carbons (Fsp3) is 0.364. The van der Waals surface area contributed by atoms with Crippen LogP contribution in [0.2, 0.25) is 0 Å². The molecule has 0 bridgehead atoms. The molecule has 162 valence electrons. The van der Waals surface area contributed by atoms with Gasteiger partial charge in [0.25, 0.3) is 5.91 Å². The third-order valence-corrected chi connectivity index (χ3v) is 6.14. The molecule has 0 fully saturated rings. The summed E-state index contributed by atoms with van der Waals surface area (Å²) in [6.07, 6.45) is 0.676. The molecule has 1 amide bonds. The first-order chi connectivity index (χ1) is 14.1. The molecule has 0 aliphatic rings. The number of nitrogens with one attached hydrogen (secondary N) is 2. The molecule has 0 aliphatic carbocycles. The smallest absolute Gasteiger partial charge is 0.324 e. The molecule has 0 saturated carbocycles. The van der Waals surface area contributed by atoms with Gasteiger partial charge in [-0.25, -0.2) is 8.42 Å². The van der Waals surface area contributed by atoms with Gasteiger partial charge < -0.3 is 10.1 Å². The highest BCUT2D eigenvalue weighted by molar-refractivity contribution is 7.89. The molecule has 30 heavy (non-hydrogen) atoms. The predicted molar refractivity (Wildman–Crippen MR) is 114 cm³/mol. The van der Waals surface area contributed by atoms with Gasteiger partial charge in [0.2, 0.25) is 10.0 Å². The zero-order valence-corrected chi connectivity index (χ0v) is 18.5. The van der Waals surface area contributed by atoms with Crippen LogP contribution in [0.3, 0.4) is 0 Å². The van der Waals surface area contributed by atoms with Crippen molar-refractivity contribution >= 4 is 21.9 Å². The molecule has 2 atom stereocenters. The Balaban J connectivity index is 1.88. The van der Waals surface area contributed by atoms with Crippen LogP contribution in [0.1, 0.15) is 43.0 Å². The van der Waals surface area contributed by atoms with Gasteiger partial charge in [-0.05, 0) is 44.9 Å². The summed E-state index contributed by atoms with van der Waals surface area (Å²) in [5.41, 5.74) is 3.00. The molecular weight excluding hydrogens is 404 g/mol. The number of sulfonamides is 1. The van der Waals surface area contributed by atoms with Crippen molar-refractivity contribution in [3.05, 3.63) is 65.2 Å². The van der Waals surface area contributed by atoms with Crippen LogP contribution >= 0.6 is 0 Å². The molecule has 2 aromatic carbocycles. The zero-order valence-electron chi connectivity index (χ0n) is 17.6. The largest absolute Gasteiger partial charge is 0.454 e. The van der Waals surface area contributed by atoms with E-state index >= 15 is 0 Å². The van der Waals surface area contributed by atoms with Crippen LogP contribution in [0.15, 0.2) is 53.4 Å². The number of carbonyl (C=O) groups excluding carboxylic acids is 2. The molecule has 0 radical (unpaired) electrons. The van der Waals surface area contributed by atoms with Crippen LogP contribution in [0, 0.1) is 13.8 Å². The van der Waals surface area contributed by atoms with Gasteiger partial charge in [0.1, 0.15) is 6.04 Å². The number of hydrogen-bond acceptors (Lipinski definition) is 5. The van der Waals surface area contributed by atoms with E-state index in [1.165, 1.54) is 19.1 Å². The monoisotopic (exact) mass is 432 g/mol. The summed E-state index contributed by atoms with van der Waals surface area (Å²) in [6.45, 7) is 6.65. The Bertz CT molecular complexity index is 970. The van der Waals surface area contributed by atoms with E-state index in [1.54, 1.807) is 12.1 Å². The van der Waals surface area contributed by atoms with Gasteiger partial charge in [-0.2, -0.15) is 4.72 Å². The fourth-order valence-electron chi connectivity index (χ4n) is 2.78. The number of carbonyl (C=O) groups is 2. The summed E-state index contributed by atoms with van der Waals surface area (Å²) in [4.78, 5) is 24.4. The lowest BCUT2D eigenvalue weighted by Gasteiger charge is -2.18. The summed E-state index contributed by atoms with van der Waals surface area (Å²) < 4.78 is 32.0. The Hall–Kier alpha value is -2.71. The summed E-state index contributed by atoms with van der Waals surface area (Å²) in [5.74, 6) is -1.28. The van der Waals surface area contributed by atoms with Crippen molar-refractivity contribution in [1.82, 2.24) is 10.0 Å². The second kappa shape index (κ2) is 10.4. The van der Waals surface area contributed by atoms with E-state index in [9.17, 15) is 18.0 Å². The molecule has 1 unspecified atom stereocenters. The topological polar surface area (TPSA) is 102 Å². The highest BCUT2D eigenvalue weighted by atomic mass is 32.2. The van der Waals surface area contributed by atoms with Gasteiger partial charge in [-0.15, -0.1) is 0 Å². The van der Waals surface area contributed by atoms with Crippen LogP contribution in [0.4, 0.5) is 0 Å². The zero-order chi connectivity index (χ0) is 22.3. The summed E-state index contributed by atoms with van der Waals surface area (Å²) >= 11 is 0. The number of rotatable bonds is 9. The quantitative estimate of drug-likeness (QED) is 0.594. The summed E-state index contributed by atoms with van der Waals surface area (Å²) in [5, 5.41) is 2.82. The Labute approximate surface area is 177 Å². The van der Waals surface area contributed by atoms with Crippen LogP contribution in [-0.2, 0) is 24.3 Å². The minimum Gasteiger partial charge on any atom is -0.454 e. The maximum Gasteiger partial charge on any atom is 0.324 e. The summed E-state index contributed by atoms with van der Waals surface area (Å²) in [7, 11) is -3.87. The number of ether oxygens (including phenoxy) is 1. The van der Waals surface area contributed by atoms with Crippen molar-refractivity contribution in [1.29, 1.82) is 0 Å². The van der Waals surface area contributed by atoms with Crippen LogP contribution in [-0.4, -0.2) is 32.9 Å². The van der Waals surface area contributed by atoms with Crippen molar-refractivity contribution < 1.29 is 22.7 Å². The molecule has 0 saturated heterocycles. The maximum atomic E-state index is 12.4. The Morgan fingerprint density at radius 1 is 0.967 bits per heavy atom. The van der Waals surface area contributed by atoms with Crippen LogP contribution in [0.5, 0.6) is 0 Å². The van der Waals surface area contributed by atoms with Crippen molar-refractivity contribution in [2.24, 2.45) is 0 Å². The van der Waals surface area contributed by atoms with Gasteiger partial charge in [-0.1, -0.05) is 54.4 Å². The Kier molecular flexibility index (Phi) is 8.14. The van der Waals surface area contributed by atoms with Gasteiger partial charge in [0.05, 0.1) is 10.9 Å². The first kappa shape index (κ1) is 23.6. The SMILES string of the molecule is CCC(NC(=O)COC(=O)[C@H](C)NS(=O)(=O)c1ccc(C)cc1)c1ccc(C)cc1. The number of esters is 1. The lowest BCUT2D eigenvalue weighted by molar-refractivity contribution is -0.150. The normalized spacial score (nSPS) is 13.3. The molecule has 2 rings (SSSR count). The average molecular weight is 433 g/mol. The van der Waals surface area contributed by atoms with Crippen LogP contribution in [0.25, 0.3) is 0 Å². The molecule has 8 heteroatoms. The molecule has 0 heterocycles. The van der Waals surface area contributed by atoms with E-state index in [4.69, 9.17) is 4.74 Å².